The van der Waals surface area contributed by atoms with Crippen molar-refractivity contribution in [3.63, 3.8) is 0 Å². The normalized spacial score (nSPS) is 11.4. The monoisotopic (exact) mass is 397 g/mol. The van der Waals surface area contributed by atoms with Crippen LogP contribution >= 0.6 is 22.6 Å². The van der Waals surface area contributed by atoms with Gasteiger partial charge in [0.1, 0.15) is 17.3 Å². The molecule has 0 radical (unpaired) electrons. The smallest absolute Gasteiger partial charge is 0.419 e. The molecule has 2 nitrogen and oxygen atoms in total. The first-order chi connectivity index (χ1) is 9.27. The minimum absolute atomic E-state index is 0.133. The quantitative estimate of drug-likeness (QED) is 0.448. The molecule has 0 aliphatic carbocycles. The molecule has 2 rings (SSSR count). The summed E-state index contributed by atoms with van der Waals surface area (Å²) in [6.45, 7) is 0. The fourth-order valence-corrected chi connectivity index (χ4v) is 2.04. The highest BCUT2D eigenvalue weighted by molar-refractivity contribution is 14.1. The van der Waals surface area contributed by atoms with Gasteiger partial charge < -0.3 is 10.5 Å². The third kappa shape index (κ3) is 3.33. The molecule has 106 valence electrons. The lowest BCUT2D eigenvalue weighted by molar-refractivity contribution is -0.140. The summed E-state index contributed by atoms with van der Waals surface area (Å²) in [5.41, 5.74) is 4.61. The molecule has 0 unspecified atom stereocenters. The van der Waals surface area contributed by atoms with Crippen molar-refractivity contribution in [3.05, 3.63) is 51.3 Å². The molecule has 2 N–H and O–H groups in total. The number of benzene rings is 2. The average Bonchev–Trinajstić information content (AvgIpc) is 2.33. The molecule has 0 spiro atoms. The van der Waals surface area contributed by atoms with Gasteiger partial charge in [0.2, 0.25) is 0 Å². The third-order valence-electron chi connectivity index (χ3n) is 2.44. The number of ether oxygens (including phenoxy) is 1. The van der Waals surface area contributed by atoms with Crippen molar-refractivity contribution in [1.82, 2.24) is 0 Å². The SMILES string of the molecule is Nc1cc(I)ccc1Oc1ccc(F)c(C(F)(F)F)c1. The molecule has 2 aromatic rings. The van der Waals surface area contributed by atoms with Gasteiger partial charge in [-0.25, -0.2) is 4.39 Å². The Balaban J connectivity index is 2.35. The van der Waals surface area contributed by atoms with E-state index in [1.165, 1.54) is 6.07 Å². The van der Waals surface area contributed by atoms with Crippen LogP contribution in [0.5, 0.6) is 11.5 Å². The number of hydrogen-bond acceptors (Lipinski definition) is 2. The fraction of sp³-hybridized carbons (Fsp3) is 0.0769. The van der Waals surface area contributed by atoms with Gasteiger partial charge in [0.25, 0.3) is 0 Å². The minimum atomic E-state index is -4.78. The van der Waals surface area contributed by atoms with Gasteiger partial charge >= 0.3 is 6.18 Å². The minimum Gasteiger partial charge on any atom is -0.455 e. The molecule has 0 amide bonds. The number of alkyl halides is 3. The maximum Gasteiger partial charge on any atom is 0.419 e. The van der Waals surface area contributed by atoms with E-state index >= 15 is 0 Å². The number of nitrogen functional groups attached to an aromatic ring is 1. The molecule has 0 aliphatic rings. The predicted octanol–water partition coefficient (Wildman–Crippen LogP) is 4.82. The maximum atomic E-state index is 13.1. The van der Waals surface area contributed by atoms with E-state index in [1.54, 1.807) is 12.1 Å². The van der Waals surface area contributed by atoms with E-state index in [9.17, 15) is 17.6 Å². The Morgan fingerprint density at radius 2 is 1.75 bits per heavy atom. The molecule has 20 heavy (non-hydrogen) atoms. The highest BCUT2D eigenvalue weighted by Crippen LogP contribution is 2.35. The van der Waals surface area contributed by atoms with E-state index < -0.39 is 17.6 Å². The predicted molar refractivity (Wildman–Crippen MR) is 75.0 cm³/mol. The Hall–Kier alpha value is -1.51. The van der Waals surface area contributed by atoms with Gasteiger partial charge in [-0.3, -0.25) is 0 Å². The average molecular weight is 397 g/mol. The highest BCUT2D eigenvalue weighted by atomic mass is 127. The zero-order valence-corrected chi connectivity index (χ0v) is 12.0. The number of rotatable bonds is 2. The van der Waals surface area contributed by atoms with Crippen LogP contribution < -0.4 is 10.5 Å². The van der Waals surface area contributed by atoms with E-state index in [-0.39, 0.29) is 17.2 Å². The molecule has 0 atom stereocenters. The molecule has 0 aromatic heterocycles. The molecule has 0 saturated heterocycles. The van der Waals surface area contributed by atoms with Crippen molar-refractivity contribution < 1.29 is 22.3 Å². The Morgan fingerprint density at radius 1 is 1.05 bits per heavy atom. The van der Waals surface area contributed by atoms with Crippen LogP contribution in [0.25, 0.3) is 0 Å². The summed E-state index contributed by atoms with van der Waals surface area (Å²) < 4.78 is 57.0. The second kappa shape index (κ2) is 5.47. The van der Waals surface area contributed by atoms with E-state index in [2.05, 4.69) is 0 Å². The van der Waals surface area contributed by atoms with E-state index in [4.69, 9.17) is 10.5 Å². The molecule has 0 aliphatic heterocycles. The molecule has 0 bridgehead atoms. The van der Waals surface area contributed by atoms with Gasteiger partial charge in [0.05, 0.1) is 11.3 Å². The maximum absolute atomic E-state index is 13.1. The summed E-state index contributed by atoms with van der Waals surface area (Å²) in [7, 11) is 0. The molecule has 0 saturated carbocycles. The van der Waals surface area contributed by atoms with Crippen molar-refractivity contribution in [2.24, 2.45) is 0 Å². The van der Waals surface area contributed by atoms with Gasteiger partial charge in [-0.05, 0) is 59.0 Å². The first-order valence-corrected chi connectivity index (χ1v) is 6.45. The van der Waals surface area contributed by atoms with E-state index in [0.717, 1.165) is 9.64 Å². The zero-order valence-electron chi connectivity index (χ0n) is 9.84. The Bertz CT molecular complexity index is 643. The first-order valence-electron chi connectivity index (χ1n) is 5.37. The standard InChI is InChI=1S/C13H8F4INO/c14-10-3-2-8(6-9(10)13(15,16)17)20-12-4-1-7(18)5-11(12)19/h1-6H,19H2. The summed E-state index contributed by atoms with van der Waals surface area (Å²) in [5, 5.41) is 0. The summed E-state index contributed by atoms with van der Waals surface area (Å²) in [5.74, 6) is -1.27. The van der Waals surface area contributed by atoms with Crippen molar-refractivity contribution in [1.29, 1.82) is 0 Å². The largest absolute Gasteiger partial charge is 0.455 e. The number of nitrogens with two attached hydrogens (primary N) is 1. The Kier molecular flexibility index (Phi) is 4.07. The van der Waals surface area contributed by atoms with Gasteiger partial charge in [0, 0.05) is 3.57 Å². The van der Waals surface area contributed by atoms with Crippen molar-refractivity contribution >= 4 is 28.3 Å². The Morgan fingerprint density at radius 3 is 2.35 bits per heavy atom. The van der Waals surface area contributed by atoms with Gasteiger partial charge in [-0.2, -0.15) is 13.2 Å². The lowest BCUT2D eigenvalue weighted by Crippen LogP contribution is -2.08. The highest BCUT2D eigenvalue weighted by Gasteiger charge is 2.34. The van der Waals surface area contributed by atoms with Crippen LogP contribution in [0.2, 0.25) is 0 Å². The fourth-order valence-electron chi connectivity index (χ4n) is 1.52. The lowest BCUT2D eigenvalue weighted by Gasteiger charge is -2.12. The lowest BCUT2D eigenvalue weighted by atomic mass is 10.2. The van der Waals surface area contributed by atoms with Gasteiger partial charge in [-0.1, -0.05) is 0 Å². The van der Waals surface area contributed by atoms with Crippen molar-refractivity contribution in [3.8, 4) is 11.5 Å². The van der Waals surface area contributed by atoms with Crippen LogP contribution in [0, 0.1) is 9.39 Å². The first kappa shape index (κ1) is 14.9. The molecule has 0 fully saturated rings. The second-order valence-corrected chi connectivity index (χ2v) is 5.17. The van der Waals surface area contributed by atoms with Gasteiger partial charge in [-0.15, -0.1) is 0 Å². The number of halogens is 5. The summed E-state index contributed by atoms with van der Waals surface area (Å²) >= 11 is 2.04. The van der Waals surface area contributed by atoms with Crippen LogP contribution in [0.4, 0.5) is 23.2 Å². The van der Waals surface area contributed by atoms with Crippen LogP contribution in [-0.2, 0) is 6.18 Å². The summed E-state index contributed by atoms with van der Waals surface area (Å²) in [6, 6.07) is 7.27. The van der Waals surface area contributed by atoms with Crippen LogP contribution in [0.15, 0.2) is 36.4 Å². The molecular formula is C13H8F4INO. The topological polar surface area (TPSA) is 35.2 Å². The van der Waals surface area contributed by atoms with Crippen LogP contribution in [-0.4, -0.2) is 0 Å². The zero-order chi connectivity index (χ0) is 14.9. The van der Waals surface area contributed by atoms with Crippen LogP contribution in [0.3, 0.4) is 0 Å². The second-order valence-electron chi connectivity index (χ2n) is 3.92. The van der Waals surface area contributed by atoms with E-state index in [1.807, 2.05) is 22.6 Å². The number of anilines is 1. The summed E-state index contributed by atoms with van der Waals surface area (Å²) in [6.07, 6.45) is -4.78. The third-order valence-corrected chi connectivity index (χ3v) is 3.11. The molecular weight excluding hydrogens is 389 g/mol. The summed E-state index contributed by atoms with van der Waals surface area (Å²) in [4.78, 5) is 0. The molecule has 0 heterocycles. The number of hydrogen-bond donors (Lipinski definition) is 1. The van der Waals surface area contributed by atoms with E-state index in [0.29, 0.717) is 12.1 Å². The van der Waals surface area contributed by atoms with Gasteiger partial charge in [0.15, 0.2) is 0 Å². The van der Waals surface area contributed by atoms with Crippen molar-refractivity contribution in [2.75, 3.05) is 5.73 Å². The molecule has 2 aromatic carbocycles. The molecule has 7 heteroatoms. The Labute approximate surface area is 125 Å². The van der Waals surface area contributed by atoms with Crippen molar-refractivity contribution in [2.45, 2.75) is 6.18 Å². The van der Waals surface area contributed by atoms with Crippen LogP contribution in [0.1, 0.15) is 5.56 Å².